The van der Waals surface area contributed by atoms with Crippen LogP contribution in [0.5, 0.6) is 0 Å². The van der Waals surface area contributed by atoms with E-state index in [1.54, 1.807) is 25.1 Å². The van der Waals surface area contributed by atoms with Crippen LogP contribution >= 0.6 is 0 Å². The number of hydrogen-bond acceptors (Lipinski definition) is 4. The van der Waals surface area contributed by atoms with Crippen molar-refractivity contribution in [3.05, 3.63) is 77.4 Å². The van der Waals surface area contributed by atoms with Crippen LogP contribution in [-0.4, -0.2) is 32.7 Å². The third-order valence-corrected chi connectivity index (χ3v) is 4.53. The Labute approximate surface area is 163 Å². The second-order valence-corrected chi connectivity index (χ2v) is 6.44. The summed E-state index contributed by atoms with van der Waals surface area (Å²) >= 11 is 0. The van der Waals surface area contributed by atoms with Crippen molar-refractivity contribution in [2.75, 3.05) is 6.54 Å². The van der Waals surface area contributed by atoms with Gasteiger partial charge in [-0.2, -0.15) is 4.68 Å². The molecule has 3 rings (SSSR count). The van der Waals surface area contributed by atoms with Gasteiger partial charge >= 0.3 is 0 Å². The Bertz CT molecular complexity index is 950. The molecule has 1 N–H and O–H groups in total. The van der Waals surface area contributed by atoms with Gasteiger partial charge < -0.3 is 5.32 Å². The number of amides is 1. The molecule has 0 radical (unpaired) electrons. The van der Waals surface area contributed by atoms with Crippen molar-refractivity contribution in [2.45, 2.75) is 26.2 Å². The van der Waals surface area contributed by atoms with E-state index in [-0.39, 0.29) is 23.3 Å². The highest BCUT2D eigenvalue weighted by molar-refractivity contribution is 6.18. The van der Waals surface area contributed by atoms with Crippen molar-refractivity contribution >= 4 is 17.7 Å². The number of nitrogens with one attached hydrogen (secondary N) is 1. The first-order valence-corrected chi connectivity index (χ1v) is 9.14. The number of halogens is 1. The van der Waals surface area contributed by atoms with Gasteiger partial charge in [0.1, 0.15) is 11.5 Å². The highest BCUT2D eigenvalue weighted by atomic mass is 19.1. The van der Waals surface area contributed by atoms with Crippen molar-refractivity contribution in [3.8, 4) is 0 Å². The summed E-state index contributed by atoms with van der Waals surface area (Å²) in [5.74, 6) is 0.0512. The van der Waals surface area contributed by atoms with Gasteiger partial charge in [0.2, 0.25) is 0 Å². The van der Waals surface area contributed by atoms with Crippen LogP contribution in [0.2, 0.25) is 0 Å². The molecule has 3 aromatic rings. The van der Waals surface area contributed by atoms with E-state index in [0.717, 1.165) is 6.42 Å². The van der Waals surface area contributed by atoms with E-state index < -0.39 is 0 Å². The first-order chi connectivity index (χ1) is 13.6. The first kappa shape index (κ1) is 19.4. The Hall–Kier alpha value is -3.35. The molecule has 6 nitrogen and oxygen atoms in total. The summed E-state index contributed by atoms with van der Waals surface area (Å²) in [5.41, 5.74) is 2.13. The molecule has 1 amide bonds. The fourth-order valence-electron chi connectivity index (χ4n) is 2.92. The Morgan fingerprint density at radius 3 is 2.50 bits per heavy atom. The average molecular weight is 379 g/mol. The number of aryl methyl sites for hydroxylation is 1. The standard InChI is InChI=1S/C21H22FN5O/c1-3-17(18-7-5-4-6-8-18)14-23-21(28)20(27-15(2)24-25-26-27)13-16-9-11-19(22)12-10-16/h4-13,17H,3,14H2,1-2H3,(H,23,28). The fourth-order valence-corrected chi connectivity index (χ4v) is 2.92. The Morgan fingerprint density at radius 2 is 1.89 bits per heavy atom. The molecule has 0 aliphatic carbocycles. The predicted octanol–water partition coefficient (Wildman–Crippen LogP) is 3.43. The number of aromatic nitrogens is 4. The summed E-state index contributed by atoms with van der Waals surface area (Å²) in [7, 11) is 0. The highest BCUT2D eigenvalue weighted by Crippen LogP contribution is 2.19. The van der Waals surface area contributed by atoms with E-state index in [1.807, 2.05) is 18.2 Å². The number of benzene rings is 2. The van der Waals surface area contributed by atoms with E-state index in [0.29, 0.717) is 17.9 Å². The molecule has 0 fully saturated rings. The zero-order chi connectivity index (χ0) is 19.9. The SMILES string of the molecule is CCC(CNC(=O)C(=Cc1ccc(F)cc1)n1nnnc1C)c1ccccc1. The van der Waals surface area contributed by atoms with E-state index >= 15 is 0 Å². The Morgan fingerprint density at radius 1 is 1.18 bits per heavy atom. The zero-order valence-corrected chi connectivity index (χ0v) is 15.8. The average Bonchev–Trinajstić information content (AvgIpc) is 3.14. The van der Waals surface area contributed by atoms with Crippen LogP contribution in [0.25, 0.3) is 11.8 Å². The number of tetrazole rings is 1. The molecule has 0 bridgehead atoms. The van der Waals surface area contributed by atoms with Crippen molar-refractivity contribution < 1.29 is 9.18 Å². The van der Waals surface area contributed by atoms with Gasteiger partial charge in [-0.05, 0) is 53.1 Å². The number of nitrogens with zero attached hydrogens (tertiary/aromatic N) is 4. The highest BCUT2D eigenvalue weighted by Gasteiger charge is 2.18. The summed E-state index contributed by atoms with van der Waals surface area (Å²) in [6.45, 7) is 4.29. The molecule has 1 unspecified atom stereocenters. The smallest absolute Gasteiger partial charge is 0.270 e. The van der Waals surface area contributed by atoms with Gasteiger partial charge in [-0.15, -0.1) is 5.10 Å². The molecule has 0 aliphatic heterocycles. The van der Waals surface area contributed by atoms with Gasteiger partial charge in [0.15, 0.2) is 5.82 Å². The maximum absolute atomic E-state index is 13.2. The van der Waals surface area contributed by atoms with Gasteiger partial charge in [-0.1, -0.05) is 49.4 Å². The molecule has 144 valence electrons. The summed E-state index contributed by atoms with van der Waals surface area (Å²) < 4.78 is 14.6. The van der Waals surface area contributed by atoms with E-state index in [1.165, 1.54) is 22.4 Å². The lowest BCUT2D eigenvalue weighted by molar-refractivity contribution is -0.116. The zero-order valence-electron chi connectivity index (χ0n) is 15.8. The number of rotatable bonds is 7. The second-order valence-electron chi connectivity index (χ2n) is 6.44. The second kappa shape index (κ2) is 9.03. The van der Waals surface area contributed by atoms with Gasteiger partial charge in [0.05, 0.1) is 0 Å². The largest absolute Gasteiger partial charge is 0.350 e. The van der Waals surface area contributed by atoms with Crippen LogP contribution in [0.4, 0.5) is 4.39 Å². The minimum Gasteiger partial charge on any atom is -0.350 e. The van der Waals surface area contributed by atoms with Crippen LogP contribution < -0.4 is 5.32 Å². The molecule has 0 aliphatic rings. The minimum atomic E-state index is -0.338. The van der Waals surface area contributed by atoms with Gasteiger partial charge in [0.25, 0.3) is 5.91 Å². The van der Waals surface area contributed by atoms with Gasteiger partial charge in [-0.3, -0.25) is 4.79 Å². The van der Waals surface area contributed by atoms with Gasteiger partial charge in [-0.25, -0.2) is 4.39 Å². The molecule has 1 heterocycles. The van der Waals surface area contributed by atoms with E-state index in [2.05, 4.69) is 39.9 Å². The molecule has 28 heavy (non-hydrogen) atoms. The summed E-state index contributed by atoms with van der Waals surface area (Å²) in [6.07, 6.45) is 2.53. The third-order valence-electron chi connectivity index (χ3n) is 4.53. The van der Waals surface area contributed by atoms with Crippen LogP contribution in [0.15, 0.2) is 54.6 Å². The number of carbonyl (C=O) groups excluding carboxylic acids is 1. The van der Waals surface area contributed by atoms with Crippen molar-refractivity contribution in [3.63, 3.8) is 0 Å². The quantitative estimate of drug-likeness (QED) is 0.639. The lowest BCUT2D eigenvalue weighted by Crippen LogP contribution is -2.31. The lowest BCUT2D eigenvalue weighted by atomic mass is 9.96. The molecular weight excluding hydrogens is 357 g/mol. The van der Waals surface area contributed by atoms with E-state index in [9.17, 15) is 9.18 Å². The van der Waals surface area contributed by atoms with Crippen LogP contribution in [-0.2, 0) is 4.79 Å². The van der Waals surface area contributed by atoms with Gasteiger partial charge in [0, 0.05) is 12.5 Å². The molecule has 0 spiro atoms. The molecule has 2 aromatic carbocycles. The molecule has 1 aromatic heterocycles. The maximum Gasteiger partial charge on any atom is 0.270 e. The molecule has 0 saturated carbocycles. The predicted molar refractivity (Wildman–Crippen MR) is 106 cm³/mol. The summed E-state index contributed by atoms with van der Waals surface area (Å²) in [4.78, 5) is 12.9. The summed E-state index contributed by atoms with van der Waals surface area (Å²) in [6, 6.07) is 15.9. The third kappa shape index (κ3) is 4.68. The number of carbonyl (C=O) groups is 1. The monoisotopic (exact) mass is 379 g/mol. The van der Waals surface area contributed by atoms with Crippen molar-refractivity contribution in [2.24, 2.45) is 0 Å². The number of hydrogen-bond donors (Lipinski definition) is 1. The molecule has 1 atom stereocenters. The first-order valence-electron chi connectivity index (χ1n) is 9.14. The van der Waals surface area contributed by atoms with Crippen molar-refractivity contribution in [1.82, 2.24) is 25.5 Å². The van der Waals surface area contributed by atoms with E-state index in [4.69, 9.17) is 0 Å². The van der Waals surface area contributed by atoms with Crippen LogP contribution in [0.3, 0.4) is 0 Å². The maximum atomic E-state index is 13.2. The topological polar surface area (TPSA) is 72.7 Å². The minimum absolute atomic E-state index is 0.201. The Kier molecular flexibility index (Phi) is 6.26. The fraction of sp³-hybridized carbons (Fsp3) is 0.238. The molecule has 0 saturated heterocycles. The van der Waals surface area contributed by atoms with Crippen LogP contribution in [0, 0.1) is 12.7 Å². The van der Waals surface area contributed by atoms with Crippen molar-refractivity contribution in [1.29, 1.82) is 0 Å². The molecular formula is C21H22FN5O. The lowest BCUT2D eigenvalue weighted by Gasteiger charge is -2.17. The normalized spacial score (nSPS) is 12.6. The molecule has 7 heteroatoms. The Balaban J connectivity index is 1.83. The van der Waals surface area contributed by atoms with Crippen LogP contribution in [0.1, 0.15) is 36.2 Å². The summed E-state index contributed by atoms with van der Waals surface area (Å²) in [5, 5.41) is 14.4.